The largest absolute Gasteiger partial charge is 0.379 e. The lowest BCUT2D eigenvalue weighted by atomic mass is 10.0. The van der Waals surface area contributed by atoms with Crippen LogP contribution in [0.4, 0.5) is 11.4 Å². The maximum Gasteiger partial charge on any atom is 0.293 e. The van der Waals surface area contributed by atoms with Gasteiger partial charge < -0.3 is 15.0 Å². The summed E-state index contributed by atoms with van der Waals surface area (Å²) in [5.74, 6) is 0. The molecule has 1 aliphatic heterocycles. The molecule has 2 N–H and O–H groups in total. The van der Waals surface area contributed by atoms with Gasteiger partial charge in [0.15, 0.2) is 0 Å². The monoisotopic (exact) mass is 491 g/mol. The predicted molar refractivity (Wildman–Crippen MR) is 132 cm³/mol. The zero-order valence-corrected chi connectivity index (χ0v) is 20.7. The average Bonchev–Trinajstić information content (AvgIpc) is 2.79. The molecular weight excluding hydrogens is 458 g/mol. The van der Waals surface area contributed by atoms with E-state index in [0.717, 1.165) is 30.3 Å². The van der Waals surface area contributed by atoms with Crippen LogP contribution in [0.1, 0.15) is 17.2 Å². The number of nitrogens with zero attached hydrogens (tertiary/aromatic N) is 3. The summed E-state index contributed by atoms with van der Waals surface area (Å²) in [4.78, 5) is 15.2. The van der Waals surface area contributed by atoms with E-state index in [2.05, 4.69) is 27.1 Å². The minimum Gasteiger partial charge on any atom is -0.379 e. The third kappa shape index (κ3) is 6.97. The Bertz CT molecular complexity index is 1090. The Morgan fingerprint density at radius 2 is 1.91 bits per heavy atom. The number of hydrogen-bond acceptors (Lipinski definition) is 8. The van der Waals surface area contributed by atoms with Gasteiger partial charge in [0.2, 0.25) is 10.0 Å². The number of anilines is 1. The second-order valence-corrected chi connectivity index (χ2v) is 10.4. The van der Waals surface area contributed by atoms with Gasteiger partial charge in [0.05, 0.1) is 29.1 Å². The van der Waals surface area contributed by atoms with Gasteiger partial charge in [0, 0.05) is 38.8 Å². The second kappa shape index (κ2) is 11.7. The number of nitro benzene ring substituents is 1. The highest BCUT2D eigenvalue weighted by Gasteiger charge is 2.25. The Labute approximate surface area is 201 Å². The van der Waals surface area contributed by atoms with E-state index in [0.29, 0.717) is 26.3 Å². The molecule has 34 heavy (non-hydrogen) atoms. The van der Waals surface area contributed by atoms with Crippen LogP contribution in [-0.2, 0) is 14.8 Å². The lowest BCUT2D eigenvalue weighted by Crippen LogP contribution is -2.41. The smallest absolute Gasteiger partial charge is 0.293 e. The fourth-order valence-electron chi connectivity index (χ4n) is 3.90. The molecule has 3 rings (SSSR count). The van der Waals surface area contributed by atoms with Gasteiger partial charge in [-0.1, -0.05) is 29.8 Å². The number of hydrogen-bond donors (Lipinski definition) is 2. The van der Waals surface area contributed by atoms with Gasteiger partial charge in [-0.05, 0) is 38.7 Å². The maximum absolute atomic E-state index is 12.6. The number of aryl methyl sites for hydroxylation is 1. The van der Waals surface area contributed by atoms with Gasteiger partial charge in [-0.15, -0.1) is 0 Å². The molecule has 1 atom stereocenters. The minimum absolute atomic E-state index is 0.0143. The highest BCUT2D eigenvalue weighted by molar-refractivity contribution is 7.89. The van der Waals surface area contributed by atoms with Crippen molar-refractivity contribution in [2.24, 2.45) is 0 Å². The molecule has 0 aromatic heterocycles. The van der Waals surface area contributed by atoms with Crippen LogP contribution in [0.5, 0.6) is 0 Å². The first-order chi connectivity index (χ1) is 16.2. The Morgan fingerprint density at radius 1 is 1.18 bits per heavy atom. The van der Waals surface area contributed by atoms with Crippen LogP contribution >= 0.6 is 0 Å². The quantitative estimate of drug-likeness (QED) is 0.363. The number of ether oxygens (including phenoxy) is 1. The summed E-state index contributed by atoms with van der Waals surface area (Å²) >= 11 is 0. The van der Waals surface area contributed by atoms with Crippen molar-refractivity contribution in [3.63, 3.8) is 0 Å². The first-order valence-corrected chi connectivity index (χ1v) is 12.7. The fraction of sp³-hybridized carbons (Fsp3) is 0.478. The summed E-state index contributed by atoms with van der Waals surface area (Å²) < 4.78 is 33.2. The summed E-state index contributed by atoms with van der Waals surface area (Å²) in [6.07, 6.45) is 0. The van der Waals surface area contributed by atoms with Crippen LogP contribution in [0.25, 0.3) is 0 Å². The molecule has 2 aromatic rings. The zero-order valence-electron chi connectivity index (χ0n) is 19.9. The zero-order chi connectivity index (χ0) is 24.7. The molecule has 1 saturated heterocycles. The van der Waals surface area contributed by atoms with Crippen molar-refractivity contribution in [3.05, 3.63) is 63.7 Å². The Hall–Kier alpha value is -2.57. The molecule has 0 amide bonds. The van der Waals surface area contributed by atoms with E-state index in [-0.39, 0.29) is 28.9 Å². The van der Waals surface area contributed by atoms with Crippen molar-refractivity contribution in [1.29, 1.82) is 0 Å². The topological polar surface area (TPSA) is 117 Å². The predicted octanol–water partition coefficient (Wildman–Crippen LogP) is 2.23. The highest BCUT2D eigenvalue weighted by Crippen LogP contribution is 2.30. The fourth-order valence-corrected chi connectivity index (χ4v) is 4.94. The number of benzene rings is 2. The Balaban J connectivity index is 1.81. The van der Waals surface area contributed by atoms with Gasteiger partial charge in [-0.2, -0.15) is 0 Å². The molecule has 186 valence electrons. The number of sulfonamides is 1. The summed E-state index contributed by atoms with van der Waals surface area (Å²) in [7, 11) is -0.188. The minimum atomic E-state index is -3.86. The molecular formula is C23H33N5O5S. The molecule has 1 fully saturated rings. The summed E-state index contributed by atoms with van der Waals surface area (Å²) in [5.41, 5.74) is 2.25. The van der Waals surface area contributed by atoms with Crippen molar-refractivity contribution in [2.45, 2.75) is 17.9 Å². The third-order valence-corrected chi connectivity index (χ3v) is 7.19. The summed E-state index contributed by atoms with van der Waals surface area (Å²) in [5, 5.41) is 15.0. The number of likely N-dealkylation sites (N-methyl/N-ethyl adjacent to an activating group) is 1. The molecule has 0 spiro atoms. The summed E-state index contributed by atoms with van der Waals surface area (Å²) in [6, 6.07) is 12.2. The van der Waals surface area contributed by atoms with Crippen LogP contribution in [0.3, 0.4) is 0 Å². The van der Waals surface area contributed by atoms with Crippen molar-refractivity contribution < 1.29 is 18.1 Å². The SMILES string of the molecule is Cc1cccc(C(CNc2ccc(S(=O)(=O)NCCN(C)C)cc2[N+](=O)[O-])N2CCOCC2)c1. The summed E-state index contributed by atoms with van der Waals surface area (Å²) in [6.45, 7) is 5.98. The number of nitro groups is 1. The van der Waals surface area contributed by atoms with Crippen LogP contribution in [0.2, 0.25) is 0 Å². The van der Waals surface area contributed by atoms with E-state index < -0.39 is 14.9 Å². The molecule has 1 unspecified atom stereocenters. The Kier molecular flexibility index (Phi) is 8.97. The molecule has 1 heterocycles. The van der Waals surface area contributed by atoms with Crippen molar-refractivity contribution in [2.75, 3.05) is 65.3 Å². The Morgan fingerprint density at radius 3 is 2.56 bits per heavy atom. The van der Waals surface area contributed by atoms with Crippen LogP contribution < -0.4 is 10.0 Å². The van der Waals surface area contributed by atoms with Crippen molar-refractivity contribution in [3.8, 4) is 0 Å². The van der Waals surface area contributed by atoms with E-state index in [1.54, 1.807) is 0 Å². The van der Waals surface area contributed by atoms with Crippen LogP contribution in [0, 0.1) is 17.0 Å². The van der Waals surface area contributed by atoms with Gasteiger partial charge in [-0.3, -0.25) is 15.0 Å². The van der Waals surface area contributed by atoms with E-state index in [4.69, 9.17) is 4.74 Å². The van der Waals surface area contributed by atoms with E-state index in [1.165, 1.54) is 12.1 Å². The van der Waals surface area contributed by atoms with E-state index in [1.807, 2.05) is 38.1 Å². The molecule has 10 nitrogen and oxygen atoms in total. The average molecular weight is 492 g/mol. The number of rotatable bonds is 11. The van der Waals surface area contributed by atoms with Crippen molar-refractivity contribution >= 4 is 21.4 Å². The molecule has 0 radical (unpaired) electrons. The van der Waals surface area contributed by atoms with E-state index >= 15 is 0 Å². The molecule has 2 aromatic carbocycles. The van der Waals surface area contributed by atoms with Gasteiger partial charge in [0.1, 0.15) is 5.69 Å². The van der Waals surface area contributed by atoms with Gasteiger partial charge in [-0.25, -0.2) is 13.1 Å². The highest BCUT2D eigenvalue weighted by atomic mass is 32.2. The maximum atomic E-state index is 12.6. The third-order valence-electron chi connectivity index (χ3n) is 5.73. The molecule has 0 bridgehead atoms. The first kappa shape index (κ1) is 26.0. The standard InChI is InChI=1S/C23H33N5O5S/c1-18-5-4-6-19(15-18)23(27-11-13-33-14-12-27)17-24-21-8-7-20(16-22(21)28(29)30)34(31,32)25-9-10-26(2)3/h4-8,15-16,23-25H,9-14,17H2,1-3H3. The molecule has 1 aliphatic rings. The number of morpholine rings is 1. The molecule has 0 aliphatic carbocycles. The van der Waals surface area contributed by atoms with E-state index in [9.17, 15) is 18.5 Å². The van der Waals surface area contributed by atoms with Crippen LogP contribution in [0.15, 0.2) is 47.4 Å². The second-order valence-electron chi connectivity index (χ2n) is 8.60. The first-order valence-electron chi connectivity index (χ1n) is 11.2. The van der Waals surface area contributed by atoms with Crippen LogP contribution in [-0.4, -0.2) is 83.2 Å². The normalized spacial score (nSPS) is 15.9. The lowest BCUT2D eigenvalue weighted by Gasteiger charge is -2.35. The lowest BCUT2D eigenvalue weighted by molar-refractivity contribution is -0.384. The van der Waals surface area contributed by atoms with Gasteiger partial charge in [0.25, 0.3) is 5.69 Å². The molecule has 0 saturated carbocycles. The van der Waals surface area contributed by atoms with Crippen molar-refractivity contribution in [1.82, 2.24) is 14.5 Å². The number of nitrogens with one attached hydrogen (secondary N) is 2. The van der Waals surface area contributed by atoms with Gasteiger partial charge >= 0.3 is 0 Å². The molecule has 11 heteroatoms.